The van der Waals surface area contributed by atoms with E-state index in [-0.39, 0.29) is 5.04 Å². The Morgan fingerprint density at radius 2 is 1.62 bits per heavy atom. The van der Waals surface area contributed by atoms with Crippen LogP contribution in [0.5, 0.6) is 0 Å². The third kappa shape index (κ3) is 3.28. The second kappa shape index (κ2) is 6.59. The Labute approximate surface area is 129 Å². The lowest BCUT2D eigenvalue weighted by atomic mass is 9.92. The van der Waals surface area contributed by atoms with Crippen molar-refractivity contribution < 1.29 is 4.43 Å². The monoisotopic (exact) mass is 295 g/mol. The molecular weight excluding hydrogens is 272 g/mol. The molecule has 1 aliphatic heterocycles. The minimum absolute atomic E-state index is 0.147. The summed E-state index contributed by atoms with van der Waals surface area (Å²) < 4.78 is 6.27. The molecule has 0 N–H and O–H groups in total. The van der Waals surface area contributed by atoms with Crippen molar-refractivity contribution in [2.75, 3.05) is 6.61 Å². The highest BCUT2D eigenvalue weighted by molar-refractivity contribution is 6.55. The van der Waals surface area contributed by atoms with Crippen molar-refractivity contribution in [3.8, 4) is 0 Å². The van der Waals surface area contributed by atoms with Crippen molar-refractivity contribution in [2.45, 2.75) is 37.3 Å². The first-order valence-electron chi connectivity index (χ1n) is 7.87. The molecule has 1 saturated heterocycles. The van der Waals surface area contributed by atoms with E-state index in [0.29, 0.717) is 0 Å². The first-order valence-corrected chi connectivity index (χ1v) is 9.49. The minimum atomic E-state index is -0.835. The van der Waals surface area contributed by atoms with E-state index in [9.17, 15) is 0 Å². The van der Waals surface area contributed by atoms with Gasteiger partial charge >= 0.3 is 0 Å². The Hall–Kier alpha value is -1.38. The fourth-order valence-electron chi connectivity index (χ4n) is 3.26. The van der Waals surface area contributed by atoms with Gasteiger partial charge in [-0.1, -0.05) is 74.0 Å². The highest BCUT2D eigenvalue weighted by atomic mass is 28.3. The summed E-state index contributed by atoms with van der Waals surface area (Å²) in [5.41, 5.74) is 2.85. The van der Waals surface area contributed by atoms with Gasteiger partial charge in [0.1, 0.15) is 0 Å². The predicted molar refractivity (Wildman–Crippen MR) is 89.7 cm³/mol. The van der Waals surface area contributed by atoms with Crippen molar-refractivity contribution in [3.05, 3.63) is 71.8 Å². The van der Waals surface area contributed by atoms with Crippen molar-refractivity contribution in [1.82, 2.24) is 0 Å². The largest absolute Gasteiger partial charge is 0.416 e. The Morgan fingerprint density at radius 3 is 2.24 bits per heavy atom. The number of hydrogen-bond donors (Lipinski definition) is 0. The summed E-state index contributed by atoms with van der Waals surface area (Å²) in [5.74, 6) is 0. The number of benzene rings is 2. The second-order valence-corrected chi connectivity index (χ2v) is 8.83. The van der Waals surface area contributed by atoms with Crippen LogP contribution < -0.4 is 0 Å². The number of hydrogen-bond acceptors (Lipinski definition) is 1. The van der Waals surface area contributed by atoms with Crippen LogP contribution in [0.2, 0.25) is 6.04 Å². The van der Waals surface area contributed by atoms with E-state index >= 15 is 0 Å². The zero-order valence-electron chi connectivity index (χ0n) is 12.7. The van der Waals surface area contributed by atoms with E-state index < -0.39 is 9.04 Å². The molecule has 1 aliphatic rings. The van der Waals surface area contributed by atoms with Crippen molar-refractivity contribution in [1.29, 1.82) is 0 Å². The molecule has 0 spiro atoms. The van der Waals surface area contributed by atoms with Gasteiger partial charge in [-0.15, -0.1) is 0 Å². The topological polar surface area (TPSA) is 9.23 Å². The smallest absolute Gasteiger partial charge is 0.222 e. The quantitative estimate of drug-likeness (QED) is 0.753. The van der Waals surface area contributed by atoms with Gasteiger partial charge < -0.3 is 4.43 Å². The standard InChI is InChI=1S/C19H23OSi/c1-19(18-12-6-3-7-13-18,21-15-9-8-14-20-21)16-17-10-4-2-5-11-17/h2-7,10-13H,8-9,14-16H2,1H3. The molecule has 1 radical (unpaired) electrons. The first kappa shape index (κ1) is 14.5. The van der Waals surface area contributed by atoms with Crippen molar-refractivity contribution in [2.24, 2.45) is 0 Å². The maximum atomic E-state index is 6.27. The molecule has 2 aromatic carbocycles. The van der Waals surface area contributed by atoms with E-state index in [1.54, 1.807) is 0 Å². The molecule has 21 heavy (non-hydrogen) atoms. The van der Waals surface area contributed by atoms with Crippen LogP contribution in [0.15, 0.2) is 60.7 Å². The molecule has 0 saturated carbocycles. The third-order valence-corrected chi connectivity index (χ3v) is 7.56. The fourth-order valence-corrected chi connectivity index (χ4v) is 6.13. The van der Waals surface area contributed by atoms with Crippen molar-refractivity contribution in [3.63, 3.8) is 0 Å². The molecule has 1 nitrogen and oxygen atoms in total. The van der Waals surface area contributed by atoms with Gasteiger partial charge in [0.15, 0.2) is 0 Å². The van der Waals surface area contributed by atoms with Crippen LogP contribution in [0.25, 0.3) is 0 Å². The Morgan fingerprint density at radius 1 is 0.952 bits per heavy atom. The van der Waals surface area contributed by atoms with Crippen LogP contribution in [0.3, 0.4) is 0 Å². The molecule has 109 valence electrons. The van der Waals surface area contributed by atoms with Gasteiger partial charge in [0.25, 0.3) is 0 Å². The molecule has 2 aromatic rings. The molecule has 1 heterocycles. The van der Waals surface area contributed by atoms with Crippen LogP contribution in [0.1, 0.15) is 30.9 Å². The summed E-state index contributed by atoms with van der Waals surface area (Å²) in [5, 5.41) is 0.147. The lowest BCUT2D eigenvalue weighted by molar-refractivity contribution is 0.266. The fraction of sp³-hybridized carbons (Fsp3) is 0.368. The zero-order chi connectivity index (χ0) is 14.5. The summed E-state index contributed by atoms with van der Waals surface area (Å²) in [6.45, 7) is 3.36. The SMILES string of the molecule is CC(Cc1ccccc1)(c1ccccc1)[Si]1CCCCO1. The Bertz CT molecular complexity index is 548. The highest BCUT2D eigenvalue weighted by Crippen LogP contribution is 2.35. The molecule has 1 atom stereocenters. The Kier molecular flexibility index (Phi) is 4.56. The molecule has 1 fully saturated rings. The van der Waals surface area contributed by atoms with E-state index in [1.165, 1.54) is 30.0 Å². The highest BCUT2D eigenvalue weighted by Gasteiger charge is 2.40. The Balaban J connectivity index is 1.94. The minimum Gasteiger partial charge on any atom is -0.416 e. The van der Waals surface area contributed by atoms with Crippen LogP contribution in [-0.4, -0.2) is 15.6 Å². The van der Waals surface area contributed by atoms with Gasteiger partial charge in [-0.2, -0.15) is 0 Å². The molecule has 0 aromatic heterocycles. The van der Waals surface area contributed by atoms with E-state index in [0.717, 1.165) is 13.0 Å². The molecule has 3 rings (SSSR count). The molecule has 0 amide bonds. The molecule has 0 aliphatic carbocycles. The summed E-state index contributed by atoms with van der Waals surface area (Å²) in [4.78, 5) is 0. The van der Waals surface area contributed by atoms with Crippen LogP contribution >= 0.6 is 0 Å². The lowest BCUT2D eigenvalue weighted by Gasteiger charge is -2.38. The van der Waals surface area contributed by atoms with E-state index in [2.05, 4.69) is 67.6 Å². The van der Waals surface area contributed by atoms with Gasteiger partial charge in [0, 0.05) is 11.6 Å². The number of rotatable bonds is 4. The predicted octanol–water partition coefficient (Wildman–Crippen LogP) is 4.53. The van der Waals surface area contributed by atoms with Gasteiger partial charge in [-0.05, 0) is 30.0 Å². The van der Waals surface area contributed by atoms with Gasteiger partial charge in [-0.3, -0.25) is 0 Å². The maximum absolute atomic E-state index is 6.27. The van der Waals surface area contributed by atoms with Crippen LogP contribution in [-0.2, 0) is 15.9 Å². The second-order valence-electron chi connectivity index (χ2n) is 6.09. The summed E-state index contributed by atoms with van der Waals surface area (Å²) in [6, 6.07) is 23.1. The molecular formula is C19H23OSi. The van der Waals surface area contributed by atoms with E-state index in [1.807, 2.05) is 0 Å². The molecule has 0 bridgehead atoms. The average Bonchev–Trinajstić information content (AvgIpc) is 2.57. The maximum Gasteiger partial charge on any atom is 0.222 e. The molecule has 2 heteroatoms. The summed E-state index contributed by atoms with van der Waals surface area (Å²) in [6.07, 6.45) is 3.63. The van der Waals surface area contributed by atoms with Gasteiger partial charge in [0.2, 0.25) is 9.04 Å². The normalized spacial score (nSPS) is 19.1. The average molecular weight is 295 g/mol. The summed E-state index contributed by atoms with van der Waals surface area (Å²) in [7, 11) is -0.835. The summed E-state index contributed by atoms with van der Waals surface area (Å²) >= 11 is 0. The van der Waals surface area contributed by atoms with Crippen LogP contribution in [0, 0.1) is 0 Å². The zero-order valence-corrected chi connectivity index (χ0v) is 13.7. The van der Waals surface area contributed by atoms with E-state index in [4.69, 9.17) is 4.43 Å². The first-order chi connectivity index (χ1) is 10.3. The van der Waals surface area contributed by atoms with Crippen molar-refractivity contribution >= 4 is 9.04 Å². The third-order valence-electron chi connectivity index (χ3n) is 4.50. The van der Waals surface area contributed by atoms with Crippen LogP contribution in [0.4, 0.5) is 0 Å². The van der Waals surface area contributed by atoms with Gasteiger partial charge in [0.05, 0.1) is 0 Å². The molecule has 1 unspecified atom stereocenters. The van der Waals surface area contributed by atoms with Gasteiger partial charge in [-0.25, -0.2) is 0 Å². The lowest BCUT2D eigenvalue weighted by Crippen LogP contribution is -2.46.